The Morgan fingerprint density at radius 2 is 2.13 bits per heavy atom. The summed E-state index contributed by atoms with van der Waals surface area (Å²) < 4.78 is 10.2. The molecule has 4 nitrogen and oxygen atoms in total. The lowest BCUT2D eigenvalue weighted by Gasteiger charge is -2.34. The molecule has 1 aliphatic carbocycles. The van der Waals surface area contributed by atoms with Gasteiger partial charge in [0.15, 0.2) is 0 Å². The van der Waals surface area contributed by atoms with Gasteiger partial charge in [-0.1, -0.05) is 0 Å². The van der Waals surface area contributed by atoms with Crippen molar-refractivity contribution < 1.29 is 9.47 Å². The molecule has 0 radical (unpaired) electrons. The van der Waals surface area contributed by atoms with E-state index in [1.54, 1.807) is 20.4 Å². The summed E-state index contributed by atoms with van der Waals surface area (Å²) >= 11 is 0. The molecular weight excluding hydrogens is 192 g/mol. The van der Waals surface area contributed by atoms with Gasteiger partial charge in [0.1, 0.15) is 11.6 Å². The lowest BCUT2D eigenvalue weighted by molar-refractivity contribution is 0.0328. The first-order chi connectivity index (χ1) is 7.31. The lowest BCUT2D eigenvalue weighted by atomic mass is 9.89. The first-order valence-electron chi connectivity index (χ1n) is 5.11. The van der Waals surface area contributed by atoms with E-state index in [4.69, 9.17) is 9.47 Å². The van der Waals surface area contributed by atoms with E-state index in [0.29, 0.717) is 12.1 Å². The number of aromatic nitrogens is 1. The van der Waals surface area contributed by atoms with Crippen LogP contribution in [-0.4, -0.2) is 31.3 Å². The Balaban J connectivity index is 1.84. The zero-order valence-electron chi connectivity index (χ0n) is 9.06. The van der Waals surface area contributed by atoms with E-state index < -0.39 is 0 Å². The minimum absolute atomic E-state index is 0.417. The number of ether oxygens (including phenoxy) is 2. The Bertz CT molecular complexity index is 307. The molecule has 82 valence electrons. The molecule has 1 aromatic heterocycles. The molecule has 2 rings (SSSR count). The molecular formula is C11H16N2O2. The molecule has 1 saturated carbocycles. The number of hydrogen-bond donors (Lipinski definition) is 1. The molecule has 15 heavy (non-hydrogen) atoms. The van der Waals surface area contributed by atoms with Gasteiger partial charge in [0, 0.05) is 13.2 Å². The normalized spacial score (nSPS) is 24.4. The van der Waals surface area contributed by atoms with Gasteiger partial charge in [-0.2, -0.15) is 0 Å². The molecule has 0 amide bonds. The first kappa shape index (κ1) is 10.2. The summed E-state index contributed by atoms with van der Waals surface area (Å²) in [6.07, 6.45) is 4.25. The van der Waals surface area contributed by atoms with E-state index in [1.165, 1.54) is 0 Å². The second-order valence-corrected chi connectivity index (χ2v) is 3.75. The SMILES string of the molecule is COc1ccc(NC2CC(OC)C2)nc1. The largest absolute Gasteiger partial charge is 0.495 e. The van der Waals surface area contributed by atoms with Gasteiger partial charge < -0.3 is 14.8 Å². The third kappa shape index (κ3) is 2.39. The maximum absolute atomic E-state index is 5.21. The highest BCUT2D eigenvalue weighted by atomic mass is 16.5. The van der Waals surface area contributed by atoms with Crippen molar-refractivity contribution in [1.82, 2.24) is 4.98 Å². The van der Waals surface area contributed by atoms with E-state index in [9.17, 15) is 0 Å². The summed E-state index contributed by atoms with van der Waals surface area (Å²) in [5.41, 5.74) is 0. The van der Waals surface area contributed by atoms with Gasteiger partial charge in [-0.25, -0.2) is 4.98 Å². The first-order valence-corrected chi connectivity index (χ1v) is 5.11. The fourth-order valence-corrected chi connectivity index (χ4v) is 1.67. The topological polar surface area (TPSA) is 43.4 Å². The van der Waals surface area contributed by atoms with Crippen LogP contribution in [0.2, 0.25) is 0 Å². The molecule has 0 aliphatic heterocycles. The Morgan fingerprint density at radius 1 is 1.33 bits per heavy atom. The number of nitrogens with zero attached hydrogens (tertiary/aromatic N) is 1. The molecule has 0 unspecified atom stereocenters. The lowest BCUT2D eigenvalue weighted by Crippen LogP contribution is -2.40. The highest BCUT2D eigenvalue weighted by Gasteiger charge is 2.28. The quantitative estimate of drug-likeness (QED) is 0.817. The molecule has 4 heteroatoms. The summed E-state index contributed by atoms with van der Waals surface area (Å²) in [4.78, 5) is 4.25. The molecule has 0 spiro atoms. The zero-order chi connectivity index (χ0) is 10.7. The Labute approximate surface area is 89.6 Å². The van der Waals surface area contributed by atoms with Crippen molar-refractivity contribution in [3.8, 4) is 5.75 Å². The second kappa shape index (κ2) is 4.49. The van der Waals surface area contributed by atoms with E-state index in [-0.39, 0.29) is 0 Å². The smallest absolute Gasteiger partial charge is 0.137 e. The van der Waals surface area contributed by atoms with Gasteiger partial charge in [-0.3, -0.25) is 0 Å². The van der Waals surface area contributed by atoms with Crippen LogP contribution in [0.15, 0.2) is 18.3 Å². The van der Waals surface area contributed by atoms with Gasteiger partial charge in [-0.15, -0.1) is 0 Å². The van der Waals surface area contributed by atoms with E-state index >= 15 is 0 Å². The zero-order valence-corrected chi connectivity index (χ0v) is 9.06. The third-order valence-electron chi connectivity index (χ3n) is 2.75. The van der Waals surface area contributed by atoms with Crippen LogP contribution in [-0.2, 0) is 4.74 Å². The van der Waals surface area contributed by atoms with Crippen LogP contribution >= 0.6 is 0 Å². The van der Waals surface area contributed by atoms with Gasteiger partial charge in [-0.05, 0) is 25.0 Å². The van der Waals surface area contributed by atoms with Crippen LogP contribution in [0.1, 0.15) is 12.8 Å². The summed E-state index contributed by atoms with van der Waals surface area (Å²) in [6, 6.07) is 4.33. The number of nitrogens with one attached hydrogen (secondary N) is 1. The van der Waals surface area contributed by atoms with Crippen molar-refractivity contribution in [2.24, 2.45) is 0 Å². The standard InChI is InChI=1S/C11H16N2O2/c1-14-9-3-4-11(12-7-9)13-8-5-10(6-8)15-2/h3-4,7-8,10H,5-6H2,1-2H3,(H,12,13). The molecule has 1 fully saturated rings. The number of pyridine rings is 1. The predicted molar refractivity (Wildman–Crippen MR) is 58.2 cm³/mol. The average molecular weight is 208 g/mol. The van der Waals surface area contributed by atoms with Crippen LogP contribution in [0.4, 0.5) is 5.82 Å². The van der Waals surface area contributed by atoms with Crippen molar-refractivity contribution in [3.63, 3.8) is 0 Å². The van der Waals surface area contributed by atoms with E-state index in [2.05, 4.69) is 10.3 Å². The second-order valence-electron chi connectivity index (χ2n) is 3.75. The van der Waals surface area contributed by atoms with Gasteiger partial charge in [0.25, 0.3) is 0 Å². The number of methoxy groups -OCH3 is 2. The van der Waals surface area contributed by atoms with Gasteiger partial charge in [0.2, 0.25) is 0 Å². The van der Waals surface area contributed by atoms with Gasteiger partial charge >= 0.3 is 0 Å². The van der Waals surface area contributed by atoms with Crippen LogP contribution in [0, 0.1) is 0 Å². The highest BCUT2D eigenvalue weighted by Crippen LogP contribution is 2.25. The van der Waals surface area contributed by atoms with Crippen molar-refractivity contribution in [2.75, 3.05) is 19.5 Å². The van der Waals surface area contributed by atoms with Crippen LogP contribution in [0.3, 0.4) is 0 Å². The van der Waals surface area contributed by atoms with Crippen molar-refractivity contribution in [2.45, 2.75) is 25.0 Å². The summed E-state index contributed by atoms with van der Waals surface area (Å²) in [7, 11) is 3.39. The number of anilines is 1. The molecule has 0 aromatic carbocycles. The minimum Gasteiger partial charge on any atom is -0.495 e. The summed E-state index contributed by atoms with van der Waals surface area (Å²) in [5, 5.41) is 3.35. The molecule has 0 saturated heterocycles. The molecule has 1 heterocycles. The van der Waals surface area contributed by atoms with Crippen LogP contribution in [0.5, 0.6) is 5.75 Å². The molecule has 1 N–H and O–H groups in total. The molecule has 1 aliphatic rings. The minimum atomic E-state index is 0.417. The van der Waals surface area contributed by atoms with Crippen LogP contribution in [0.25, 0.3) is 0 Å². The fourth-order valence-electron chi connectivity index (χ4n) is 1.67. The van der Waals surface area contributed by atoms with Crippen molar-refractivity contribution in [3.05, 3.63) is 18.3 Å². The maximum Gasteiger partial charge on any atom is 0.137 e. The fraction of sp³-hybridized carbons (Fsp3) is 0.545. The summed E-state index contributed by atoms with van der Waals surface area (Å²) in [5.74, 6) is 1.68. The van der Waals surface area contributed by atoms with Crippen LogP contribution < -0.4 is 10.1 Å². The summed E-state index contributed by atoms with van der Waals surface area (Å²) in [6.45, 7) is 0. The Morgan fingerprint density at radius 3 is 2.67 bits per heavy atom. The monoisotopic (exact) mass is 208 g/mol. The van der Waals surface area contributed by atoms with Gasteiger partial charge in [0.05, 0.1) is 19.4 Å². The van der Waals surface area contributed by atoms with E-state index in [0.717, 1.165) is 24.4 Å². The number of rotatable bonds is 4. The molecule has 1 aromatic rings. The Hall–Kier alpha value is -1.29. The molecule has 0 bridgehead atoms. The van der Waals surface area contributed by atoms with E-state index in [1.807, 2.05) is 12.1 Å². The number of hydrogen-bond acceptors (Lipinski definition) is 4. The molecule has 0 atom stereocenters. The van der Waals surface area contributed by atoms with Crippen molar-refractivity contribution in [1.29, 1.82) is 0 Å². The maximum atomic E-state index is 5.21. The average Bonchev–Trinajstić information content (AvgIpc) is 2.23. The van der Waals surface area contributed by atoms with Crippen molar-refractivity contribution >= 4 is 5.82 Å². The Kier molecular flexibility index (Phi) is 3.06. The highest BCUT2D eigenvalue weighted by molar-refractivity contribution is 5.39. The third-order valence-corrected chi connectivity index (χ3v) is 2.75. The predicted octanol–water partition coefficient (Wildman–Crippen LogP) is 1.68.